The number of rotatable bonds is 9. The van der Waals surface area contributed by atoms with Crippen molar-refractivity contribution in [3.8, 4) is 17.1 Å². The molecule has 2 heterocycles. The summed E-state index contributed by atoms with van der Waals surface area (Å²) in [6.07, 6.45) is 1.75. The molecule has 0 unspecified atom stereocenters. The Morgan fingerprint density at radius 3 is 2.59 bits per heavy atom. The summed E-state index contributed by atoms with van der Waals surface area (Å²) in [5.74, 6) is 1.68. The van der Waals surface area contributed by atoms with E-state index in [0.29, 0.717) is 12.3 Å². The Kier molecular flexibility index (Phi) is 6.82. The van der Waals surface area contributed by atoms with Gasteiger partial charge in [0, 0.05) is 35.9 Å². The Bertz CT molecular complexity index is 862. The maximum absolute atomic E-state index is 5.91. The third-order valence-corrected chi connectivity index (χ3v) is 4.85. The van der Waals surface area contributed by atoms with E-state index in [9.17, 15) is 0 Å². The van der Waals surface area contributed by atoms with Gasteiger partial charge in [-0.25, -0.2) is 9.97 Å². The van der Waals surface area contributed by atoms with Crippen molar-refractivity contribution in [1.29, 1.82) is 0 Å². The fourth-order valence-corrected chi connectivity index (χ4v) is 3.11. The molecule has 2 aromatic heterocycles. The fraction of sp³-hybridized carbons (Fsp3) is 0.400. The van der Waals surface area contributed by atoms with Gasteiger partial charge < -0.3 is 14.6 Å². The monoisotopic (exact) mass is 431 g/mol. The molecule has 3 rings (SSSR count). The molecule has 6 nitrogen and oxygen atoms in total. The second kappa shape index (κ2) is 9.30. The molecule has 0 aliphatic rings. The lowest BCUT2D eigenvalue weighted by Crippen LogP contribution is -2.34. The van der Waals surface area contributed by atoms with Crippen molar-refractivity contribution in [2.75, 3.05) is 46.9 Å². The summed E-state index contributed by atoms with van der Waals surface area (Å²) < 4.78 is 6.84. The average Bonchev–Trinajstić information content (AvgIpc) is 3.08. The number of likely N-dealkylation sites (N-methyl/N-ethyl adjacent to an activating group) is 2. The number of aromatic nitrogens is 3. The van der Waals surface area contributed by atoms with Crippen LogP contribution in [-0.2, 0) is 0 Å². The number of halogens is 1. The highest BCUT2D eigenvalue weighted by atomic mass is 79.9. The van der Waals surface area contributed by atoms with E-state index >= 15 is 0 Å². The third kappa shape index (κ3) is 5.51. The number of benzene rings is 1. The molecule has 0 amide bonds. The minimum atomic E-state index is 0.684. The molecule has 0 saturated heterocycles. The summed E-state index contributed by atoms with van der Waals surface area (Å²) in [7, 11) is 4.20. The first-order valence-electron chi connectivity index (χ1n) is 9.16. The van der Waals surface area contributed by atoms with Crippen LogP contribution in [0.2, 0.25) is 0 Å². The van der Waals surface area contributed by atoms with Crippen LogP contribution in [0.4, 0.5) is 0 Å². The first-order valence-corrected chi connectivity index (χ1v) is 9.96. The van der Waals surface area contributed by atoms with Crippen LogP contribution < -0.4 is 4.74 Å². The lowest BCUT2D eigenvalue weighted by atomic mass is 10.2. The lowest BCUT2D eigenvalue weighted by Gasteiger charge is -2.22. The molecule has 0 radical (unpaired) electrons. The Hall–Kier alpha value is -1.96. The maximum atomic E-state index is 5.91. The summed E-state index contributed by atoms with van der Waals surface area (Å²) >= 11 is 3.43. The quantitative estimate of drug-likeness (QED) is 0.560. The van der Waals surface area contributed by atoms with Crippen molar-refractivity contribution in [3.05, 3.63) is 41.0 Å². The highest BCUT2D eigenvalue weighted by molar-refractivity contribution is 9.10. The molecule has 0 spiro atoms. The van der Waals surface area contributed by atoms with E-state index in [4.69, 9.17) is 4.74 Å². The molecule has 1 aromatic carbocycles. The predicted molar refractivity (Wildman–Crippen MR) is 113 cm³/mol. The molecule has 1 N–H and O–H groups in total. The van der Waals surface area contributed by atoms with Crippen LogP contribution in [0.5, 0.6) is 5.75 Å². The Morgan fingerprint density at radius 1 is 1.11 bits per heavy atom. The molecule has 0 bridgehead atoms. The van der Waals surface area contributed by atoms with E-state index < -0.39 is 0 Å². The van der Waals surface area contributed by atoms with Crippen LogP contribution in [0.1, 0.15) is 6.92 Å². The van der Waals surface area contributed by atoms with Crippen LogP contribution in [0.25, 0.3) is 22.6 Å². The van der Waals surface area contributed by atoms with E-state index in [1.165, 1.54) is 0 Å². The van der Waals surface area contributed by atoms with Crippen LogP contribution in [0, 0.1) is 0 Å². The van der Waals surface area contributed by atoms with Crippen molar-refractivity contribution >= 4 is 27.1 Å². The minimum Gasteiger partial charge on any atom is -0.492 e. The van der Waals surface area contributed by atoms with Crippen LogP contribution in [0.3, 0.4) is 0 Å². The number of pyridine rings is 1. The molecule has 27 heavy (non-hydrogen) atoms. The van der Waals surface area contributed by atoms with Gasteiger partial charge in [0.1, 0.15) is 18.2 Å². The molecule has 144 valence electrons. The van der Waals surface area contributed by atoms with E-state index in [-0.39, 0.29) is 0 Å². The fourth-order valence-electron chi connectivity index (χ4n) is 2.78. The summed E-state index contributed by atoms with van der Waals surface area (Å²) in [6, 6.07) is 9.99. The van der Waals surface area contributed by atoms with Crippen molar-refractivity contribution < 1.29 is 4.74 Å². The normalized spacial score (nSPS) is 11.6. The Balaban J connectivity index is 1.56. The molecule has 3 aromatic rings. The molecule has 0 aliphatic heterocycles. The number of H-pyrrole nitrogens is 1. The van der Waals surface area contributed by atoms with Crippen molar-refractivity contribution in [1.82, 2.24) is 24.8 Å². The molecular formula is C20H26BrN5O. The van der Waals surface area contributed by atoms with E-state index in [0.717, 1.165) is 53.3 Å². The van der Waals surface area contributed by atoms with Crippen LogP contribution >= 0.6 is 15.9 Å². The molecule has 0 aliphatic carbocycles. The first kappa shape index (κ1) is 19.8. The highest BCUT2D eigenvalue weighted by Gasteiger charge is 2.08. The SMILES string of the molecule is CCN(CCOc1ccc(-c2nc3ncc(Br)cc3[nH]2)cc1)CCN(C)C. The van der Waals surface area contributed by atoms with Gasteiger partial charge in [-0.1, -0.05) is 6.92 Å². The maximum Gasteiger partial charge on any atom is 0.178 e. The largest absolute Gasteiger partial charge is 0.492 e. The topological polar surface area (TPSA) is 57.3 Å². The number of fused-ring (bicyclic) bond motifs is 1. The second-order valence-electron chi connectivity index (χ2n) is 6.72. The van der Waals surface area contributed by atoms with Crippen LogP contribution in [-0.4, -0.2) is 71.6 Å². The zero-order valence-electron chi connectivity index (χ0n) is 16.1. The van der Waals surface area contributed by atoms with E-state index in [1.807, 2.05) is 30.3 Å². The lowest BCUT2D eigenvalue weighted by molar-refractivity contribution is 0.201. The average molecular weight is 432 g/mol. The smallest absolute Gasteiger partial charge is 0.178 e. The number of imidazole rings is 1. The number of nitrogens with zero attached hydrogens (tertiary/aromatic N) is 4. The number of hydrogen-bond donors (Lipinski definition) is 1. The molecule has 0 fully saturated rings. The van der Waals surface area contributed by atoms with Gasteiger partial charge in [-0.05, 0) is 66.9 Å². The third-order valence-electron chi connectivity index (χ3n) is 4.42. The van der Waals surface area contributed by atoms with E-state index in [1.54, 1.807) is 6.20 Å². The first-order chi connectivity index (χ1) is 13.0. The number of hydrogen-bond acceptors (Lipinski definition) is 5. The minimum absolute atomic E-state index is 0.684. The highest BCUT2D eigenvalue weighted by Crippen LogP contribution is 2.23. The molecule has 7 heteroatoms. The molecular weight excluding hydrogens is 406 g/mol. The van der Waals surface area contributed by atoms with Gasteiger partial charge in [0.2, 0.25) is 0 Å². The van der Waals surface area contributed by atoms with Crippen LogP contribution in [0.15, 0.2) is 41.0 Å². The molecule has 0 saturated carbocycles. The molecule has 0 atom stereocenters. The summed E-state index contributed by atoms with van der Waals surface area (Å²) in [5.41, 5.74) is 2.64. The van der Waals surface area contributed by atoms with Crippen molar-refractivity contribution in [2.45, 2.75) is 6.92 Å². The number of ether oxygens (including phenoxy) is 1. The number of nitrogens with one attached hydrogen (secondary N) is 1. The standard InChI is InChI=1S/C20H26BrN5O/c1-4-26(10-9-25(2)3)11-12-27-17-7-5-15(6-8-17)19-23-18-13-16(21)14-22-20(18)24-19/h5-8,13-14H,4,9-12H2,1-3H3,(H,22,23,24). The predicted octanol–water partition coefficient (Wildman–Crippen LogP) is 3.65. The zero-order chi connectivity index (χ0) is 19.2. The number of aromatic amines is 1. The summed E-state index contributed by atoms with van der Waals surface area (Å²) in [4.78, 5) is 16.8. The Labute approximate surface area is 168 Å². The van der Waals surface area contributed by atoms with Gasteiger partial charge in [0.05, 0.1) is 5.52 Å². The van der Waals surface area contributed by atoms with Gasteiger partial charge in [-0.15, -0.1) is 0 Å². The summed E-state index contributed by atoms with van der Waals surface area (Å²) in [5, 5.41) is 0. The Morgan fingerprint density at radius 2 is 1.89 bits per heavy atom. The van der Waals surface area contributed by atoms with Gasteiger partial charge in [0.15, 0.2) is 5.65 Å². The van der Waals surface area contributed by atoms with Crippen molar-refractivity contribution in [3.63, 3.8) is 0 Å². The van der Waals surface area contributed by atoms with Gasteiger partial charge in [-0.3, -0.25) is 4.90 Å². The van der Waals surface area contributed by atoms with Gasteiger partial charge >= 0.3 is 0 Å². The van der Waals surface area contributed by atoms with Crippen molar-refractivity contribution in [2.24, 2.45) is 0 Å². The zero-order valence-corrected chi connectivity index (χ0v) is 17.7. The second-order valence-corrected chi connectivity index (χ2v) is 7.64. The van der Waals surface area contributed by atoms with Gasteiger partial charge in [0.25, 0.3) is 0 Å². The summed E-state index contributed by atoms with van der Waals surface area (Å²) in [6.45, 7) is 6.95. The van der Waals surface area contributed by atoms with Gasteiger partial charge in [-0.2, -0.15) is 0 Å². The van der Waals surface area contributed by atoms with E-state index in [2.05, 4.69) is 61.7 Å².